The van der Waals surface area contributed by atoms with Crippen LogP contribution in [-0.4, -0.2) is 18.7 Å². The number of aromatic nitrogens is 4. The average Bonchev–Trinajstić information content (AvgIpc) is 3.72. The van der Waals surface area contributed by atoms with Crippen LogP contribution in [0, 0.1) is 27.7 Å². The van der Waals surface area contributed by atoms with Crippen LogP contribution in [0.25, 0.3) is 50.3 Å². The van der Waals surface area contributed by atoms with Crippen LogP contribution in [-0.2, 0) is 5.41 Å². The lowest BCUT2D eigenvalue weighted by Crippen LogP contribution is -2.13. The second-order valence-electron chi connectivity index (χ2n) is 12.9. The molecule has 0 aliphatic rings. The summed E-state index contributed by atoms with van der Waals surface area (Å²) >= 11 is 0. The molecule has 0 N–H and O–H groups in total. The van der Waals surface area contributed by atoms with E-state index in [4.69, 9.17) is 4.98 Å². The van der Waals surface area contributed by atoms with Gasteiger partial charge < -0.3 is 9.13 Å². The van der Waals surface area contributed by atoms with E-state index in [9.17, 15) is 0 Å². The third-order valence-corrected chi connectivity index (χ3v) is 8.77. The molecule has 0 saturated heterocycles. The van der Waals surface area contributed by atoms with Crippen molar-refractivity contribution in [2.24, 2.45) is 0 Å². The van der Waals surface area contributed by atoms with E-state index >= 15 is 0 Å². The first-order chi connectivity index (χ1) is 20.6. The Morgan fingerprint density at radius 3 is 1.91 bits per heavy atom. The molecule has 7 aromatic rings. The Morgan fingerprint density at radius 1 is 0.605 bits per heavy atom. The lowest BCUT2D eigenvalue weighted by molar-refractivity contribution is 0.589. The molecule has 3 heterocycles. The molecule has 0 spiro atoms. The molecule has 0 unspecified atom stereocenters. The average molecular weight is 563 g/mol. The highest BCUT2D eigenvalue weighted by atomic mass is 15.1. The van der Waals surface area contributed by atoms with E-state index in [1.807, 2.05) is 6.20 Å². The van der Waals surface area contributed by atoms with Gasteiger partial charge in [-0.05, 0) is 109 Å². The molecule has 0 aliphatic heterocycles. The van der Waals surface area contributed by atoms with E-state index in [0.29, 0.717) is 0 Å². The fraction of sp³-hybridized carbons (Fsp3) is 0.205. The molecular formula is C39H38N4. The van der Waals surface area contributed by atoms with Gasteiger partial charge in [-0.1, -0.05) is 51.1 Å². The van der Waals surface area contributed by atoms with Crippen LogP contribution in [0.5, 0.6) is 0 Å². The van der Waals surface area contributed by atoms with Gasteiger partial charge in [0.05, 0.1) is 22.4 Å². The van der Waals surface area contributed by atoms with E-state index in [1.165, 1.54) is 61.0 Å². The summed E-state index contributed by atoms with van der Waals surface area (Å²) < 4.78 is 6.86. The molecule has 0 radical (unpaired) electrons. The zero-order valence-electron chi connectivity index (χ0n) is 26.1. The van der Waals surface area contributed by atoms with Crippen molar-refractivity contribution in [3.63, 3.8) is 0 Å². The Labute approximate surface area is 253 Å². The molecule has 4 aromatic carbocycles. The summed E-state index contributed by atoms with van der Waals surface area (Å²) in [6, 6.07) is 28.9. The molecule has 0 atom stereocenters. The second-order valence-corrected chi connectivity index (χ2v) is 12.9. The molecule has 43 heavy (non-hydrogen) atoms. The van der Waals surface area contributed by atoms with Crippen molar-refractivity contribution in [3.8, 4) is 28.5 Å². The summed E-state index contributed by atoms with van der Waals surface area (Å²) in [6.45, 7) is 15.7. The summed E-state index contributed by atoms with van der Waals surface area (Å²) in [5.41, 5.74) is 13.6. The van der Waals surface area contributed by atoms with Gasteiger partial charge in [0.15, 0.2) is 0 Å². The zero-order chi connectivity index (χ0) is 30.0. The van der Waals surface area contributed by atoms with E-state index in [-0.39, 0.29) is 5.41 Å². The number of para-hydroxylation sites is 1. The number of rotatable bonds is 4. The predicted molar refractivity (Wildman–Crippen MR) is 180 cm³/mol. The van der Waals surface area contributed by atoms with E-state index in [0.717, 1.165) is 17.1 Å². The number of hydrogen-bond acceptors (Lipinski definition) is 1. The van der Waals surface area contributed by atoms with Gasteiger partial charge in [0, 0.05) is 46.8 Å². The second kappa shape index (κ2) is 9.88. The van der Waals surface area contributed by atoms with Crippen LogP contribution in [0.3, 0.4) is 0 Å². The van der Waals surface area contributed by atoms with Crippen LogP contribution < -0.4 is 0 Å². The number of imidazole rings is 1. The van der Waals surface area contributed by atoms with Gasteiger partial charge in [-0.25, -0.2) is 4.98 Å². The van der Waals surface area contributed by atoms with Crippen LogP contribution >= 0.6 is 0 Å². The molecule has 3 aromatic heterocycles. The maximum Gasteiger partial charge on any atom is 0.144 e. The summed E-state index contributed by atoms with van der Waals surface area (Å²) in [7, 11) is 0. The fourth-order valence-electron chi connectivity index (χ4n) is 6.77. The fourth-order valence-corrected chi connectivity index (χ4v) is 6.77. The number of nitrogens with zero attached hydrogens (tertiary/aromatic N) is 4. The third-order valence-electron chi connectivity index (χ3n) is 8.77. The molecule has 0 saturated carbocycles. The van der Waals surface area contributed by atoms with Gasteiger partial charge in [0.2, 0.25) is 0 Å². The number of fused-ring (bicyclic) bond motifs is 3. The first kappa shape index (κ1) is 27.0. The molecule has 0 fully saturated rings. The van der Waals surface area contributed by atoms with Crippen molar-refractivity contribution in [3.05, 3.63) is 131 Å². The van der Waals surface area contributed by atoms with Crippen LogP contribution in [0.4, 0.5) is 0 Å². The first-order valence-electron chi connectivity index (χ1n) is 15.1. The SMILES string of the molecule is Cc1cc(C(C)(C)C)cc(C)c1-n1ccnc1-c1cc(C)c(-n2c3ccccc3c3cc(-n4cccc4)ccc32)c(C)c1. The van der Waals surface area contributed by atoms with Crippen molar-refractivity contribution >= 4 is 21.8 Å². The van der Waals surface area contributed by atoms with Crippen LogP contribution in [0.15, 0.2) is 104 Å². The quantitative estimate of drug-likeness (QED) is 0.210. The summed E-state index contributed by atoms with van der Waals surface area (Å²) in [5, 5.41) is 2.51. The Kier molecular flexibility index (Phi) is 6.21. The highest BCUT2D eigenvalue weighted by molar-refractivity contribution is 6.10. The summed E-state index contributed by atoms with van der Waals surface area (Å²) in [6.07, 6.45) is 8.20. The highest BCUT2D eigenvalue weighted by Gasteiger charge is 2.21. The minimum absolute atomic E-state index is 0.104. The minimum Gasteiger partial charge on any atom is -0.324 e. The van der Waals surface area contributed by atoms with Gasteiger partial charge in [-0.15, -0.1) is 0 Å². The molecular weight excluding hydrogens is 524 g/mol. The lowest BCUT2D eigenvalue weighted by atomic mass is 9.84. The first-order valence-corrected chi connectivity index (χ1v) is 15.1. The van der Waals surface area contributed by atoms with Gasteiger partial charge in [0.1, 0.15) is 5.82 Å². The highest BCUT2D eigenvalue weighted by Crippen LogP contribution is 2.38. The van der Waals surface area contributed by atoms with Crippen molar-refractivity contribution in [2.45, 2.75) is 53.9 Å². The lowest BCUT2D eigenvalue weighted by Gasteiger charge is -2.23. The molecule has 214 valence electrons. The van der Waals surface area contributed by atoms with Gasteiger partial charge in [-0.3, -0.25) is 4.57 Å². The molecule has 0 bridgehead atoms. The Balaban J connectivity index is 1.38. The molecule has 0 amide bonds. The molecule has 7 rings (SSSR count). The summed E-state index contributed by atoms with van der Waals surface area (Å²) in [5.74, 6) is 0.964. The molecule has 4 heteroatoms. The third kappa shape index (κ3) is 4.40. The monoisotopic (exact) mass is 562 g/mol. The van der Waals surface area contributed by atoms with E-state index in [2.05, 4.69) is 160 Å². The zero-order valence-corrected chi connectivity index (χ0v) is 26.1. The molecule has 4 nitrogen and oxygen atoms in total. The largest absolute Gasteiger partial charge is 0.324 e. The number of hydrogen-bond donors (Lipinski definition) is 0. The normalized spacial score (nSPS) is 12.1. The maximum absolute atomic E-state index is 4.88. The Morgan fingerprint density at radius 2 is 1.23 bits per heavy atom. The van der Waals surface area contributed by atoms with Gasteiger partial charge in [0.25, 0.3) is 0 Å². The van der Waals surface area contributed by atoms with Crippen molar-refractivity contribution < 1.29 is 0 Å². The minimum atomic E-state index is 0.104. The smallest absolute Gasteiger partial charge is 0.144 e. The number of benzene rings is 4. The van der Waals surface area contributed by atoms with Crippen LogP contribution in [0.1, 0.15) is 48.6 Å². The Hall–Kier alpha value is -4.83. The molecule has 0 aliphatic carbocycles. The van der Waals surface area contributed by atoms with E-state index < -0.39 is 0 Å². The topological polar surface area (TPSA) is 27.7 Å². The van der Waals surface area contributed by atoms with Crippen LogP contribution in [0.2, 0.25) is 0 Å². The van der Waals surface area contributed by atoms with Crippen molar-refractivity contribution in [1.82, 2.24) is 18.7 Å². The number of aryl methyl sites for hydroxylation is 4. The Bertz CT molecular complexity index is 2100. The maximum atomic E-state index is 4.88. The van der Waals surface area contributed by atoms with Crippen molar-refractivity contribution in [1.29, 1.82) is 0 Å². The van der Waals surface area contributed by atoms with Gasteiger partial charge >= 0.3 is 0 Å². The van der Waals surface area contributed by atoms with Gasteiger partial charge in [-0.2, -0.15) is 0 Å². The standard InChI is InChI=1S/C39H38N4/c1-25-20-29(38-40-16-19-42(38)36-27(3)22-30(23-28(36)4)39(5,6)7)21-26(2)37(25)43-34-13-9-8-12-32(34)33-24-31(14-15-35(33)43)41-17-10-11-18-41/h8-24H,1-7H3. The predicted octanol–water partition coefficient (Wildman–Crippen LogP) is 9.96. The summed E-state index contributed by atoms with van der Waals surface area (Å²) in [4.78, 5) is 4.88. The van der Waals surface area contributed by atoms with Crippen molar-refractivity contribution in [2.75, 3.05) is 0 Å². The van der Waals surface area contributed by atoms with E-state index in [1.54, 1.807) is 0 Å².